The molecule has 5 aromatic rings. The summed E-state index contributed by atoms with van der Waals surface area (Å²) in [7, 11) is 1.56. The second-order valence-corrected chi connectivity index (χ2v) is 7.64. The maximum atomic E-state index is 12.8. The number of nitrogens with zero attached hydrogens (tertiary/aromatic N) is 2. The van der Waals surface area contributed by atoms with Crippen molar-refractivity contribution in [3.05, 3.63) is 117 Å². The first kappa shape index (κ1) is 21.2. The van der Waals surface area contributed by atoms with E-state index in [1.54, 1.807) is 49.6 Å². The van der Waals surface area contributed by atoms with Gasteiger partial charge in [0.2, 0.25) is 0 Å². The first-order valence-corrected chi connectivity index (χ1v) is 10.7. The van der Waals surface area contributed by atoms with Gasteiger partial charge in [0.1, 0.15) is 6.61 Å². The van der Waals surface area contributed by atoms with Gasteiger partial charge in [-0.1, -0.05) is 60.7 Å². The molecule has 1 aromatic heterocycles. The Balaban J connectivity index is 1.51. The van der Waals surface area contributed by atoms with Crippen molar-refractivity contribution in [1.82, 2.24) is 9.66 Å². The van der Waals surface area contributed by atoms with Crippen LogP contribution in [-0.2, 0) is 6.61 Å². The third-order valence-corrected chi connectivity index (χ3v) is 5.58. The zero-order valence-corrected chi connectivity index (χ0v) is 18.4. The quantitative estimate of drug-likeness (QED) is 0.390. The van der Waals surface area contributed by atoms with Crippen molar-refractivity contribution in [2.24, 2.45) is 5.10 Å². The van der Waals surface area contributed by atoms with Crippen molar-refractivity contribution in [3.63, 3.8) is 0 Å². The van der Waals surface area contributed by atoms with Crippen molar-refractivity contribution in [2.45, 2.75) is 6.61 Å². The van der Waals surface area contributed by atoms with Crippen molar-refractivity contribution < 1.29 is 9.47 Å². The van der Waals surface area contributed by atoms with Crippen molar-refractivity contribution in [2.75, 3.05) is 7.11 Å². The molecule has 0 unspecified atom stereocenters. The maximum Gasteiger partial charge on any atom is 0.349 e. The fraction of sp³-hybridized carbons (Fsp3) is 0.0741. The Kier molecular flexibility index (Phi) is 5.66. The van der Waals surface area contributed by atoms with E-state index in [9.17, 15) is 9.59 Å². The first-order chi connectivity index (χ1) is 16.7. The summed E-state index contributed by atoms with van der Waals surface area (Å²) >= 11 is 0. The predicted molar refractivity (Wildman–Crippen MR) is 133 cm³/mol. The summed E-state index contributed by atoms with van der Waals surface area (Å²) in [5.74, 6) is 0.982. The summed E-state index contributed by atoms with van der Waals surface area (Å²) in [5, 5.41) is 6.77. The van der Waals surface area contributed by atoms with Crippen LogP contribution in [0.25, 0.3) is 21.7 Å². The number of H-pyrrole nitrogens is 1. The summed E-state index contributed by atoms with van der Waals surface area (Å²) < 4.78 is 12.5. The lowest BCUT2D eigenvalue weighted by Crippen LogP contribution is -2.32. The van der Waals surface area contributed by atoms with E-state index >= 15 is 0 Å². The molecule has 0 atom stereocenters. The lowest BCUT2D eigenvalue weighted by atomic mass is 10.1. The van der Waals surface area contributed by atoms with Crippen LogP contribution in [0.15, 0.2) is 99.6 Å². The molecule has 1 N–H and O–H groups in total. The van der Waals surface area contributed by atoms with Crippen LogP contribution in [-0.4, -0.2) is 23.0 Å². The lowest BCUT2D eigenvalue weighted by molar-refractivity contribution is 0.285. The van der Waals surface area contributed by atoms with E-state index in [1.807, 2.05) is 24.3 Å². The number of benzene rings is 4. The molecule has 0 aliphatic carbocycles. The predicted octanol–water partition coefficient (Wildman–Crippen LogP) is 4.31. The average molecular weight is 451 g/mol. The van der Waals surface area contributed by atoms with Crippen LogP contribution >= 0.6 is 0 Å². The highest BCUT2D eigenvalue weighted by Gasteiger charge is 2.12. The van der Waals surface area contributed by atoms with E-state index in [4.69, 9.17) is 9.47 Å². The number of methoxy groups -OCH3 is 1. The fourth-order valence-electron chi connectivity index (χ4n) is 3.90. The zero-order chi connectivity index (χ0) is 23.5. The van der Waals surface area contributed by atoms with Gasteiger partial charge in [0, 0.05) is 5.56 Å². The average Bonchev–Trinajstić information content (AvgIpc) is 2.87. The van der Waals surface area contributed by atoms with Crippen LogP contribution in [0, 0.1) is 0 Å². The number of hydrogen-bond acceptors (Lipinski definition) is 5. The highest BCUT2D eigenvalue weighted by Crippen LogP contribution is 2.31. The Morgan fingerprint density at radius 2 is 1.62 bits per heavy atom. The van der Waals surface area contributed by atoms with Crippen LogP contribution < -0.4 is 20.7 Å². The number of hydrogen-bond donors (Lipinski definition) is 1. The summed E-state index contributed by atoms with van der Waals surface area (Å²) in [4.78, 5) is 27.9. The number of aromatic amines is 1. The zero-order valence-electron chi connectivity index (χ0n) is 18.4. The number of fused-ring (bicyclic) bond motifs is 2. The molecule has 0 saturated carbocycles. The molecule has 4 aromatic carbocycles. The molecule has 0 amide bonds. The standard InChI is InChI=1S/C27H21N3O4/c1-33-24-15-7-10-19(16-28-30-26(31)22-13-4-5-14-23(22)29-27(30)32)25(24)34-17-20-11-6-9-18-8-2-3-12-21(18)20/h2-16H,17H2,1H3,(H,29,32). The smallest absolute Gasteiger partial charge is 0.349 e. The molecular weight excluding hydrogens is 430 g/mol. The van der Waals surface area contributed by atoms with Gasteiger partial charge < -0.3 is 14.5 Å². The minimum absolute atomic E-state index is 0.305. The van der Waals surface area contributed by atoms with Gasteiger partial charge in [-0.2, -0.15) is 5.10 Å². The molecule has 0 bridgehead atoms. The van der Waals surface area contributed by atoms with Crippen molar-refractivity contribution >= 4 is 27.9 Å². The number of nitrogens with one attached hydrogen (secondary N) is 1. The van der Waals surface area contributed by atoms with Gasteiger partial charge in [-0.05, 0) is 40.6 Å². The normalized spacial score (nSPS) is 11.3. The van der Waals surface area contributed by atoms with Crippen molar-refractivity contribution in [1.29, 1.82) is 0 Å². The molecule has 0 radical (unpaired) electrons. The molecule has 5 rings (SSSR count). The molecule has 7 nitrogen and oxygen atoms in total. The number of para-hydroxylation sites is 2. The van der Waals surface area contributed by atoms with Gasteiger partial charge in [-0.15, -0.1) is 4.68 Å². The number of rotatable bonds is 6. The van der Waals surface area contributed by atoms with E-state index < -0.39 is 11.2 Å². The monoisotopic (exact) mass is 451 g/mol. The Labute approximate surface area is 194 Å². The van der Waals surface area contributed by atoms with Crippen LogP contribution in [0.2, 0.25) is 0 Å². The molecule has 0 spiro atoms. The van der Waals surface area contributed by atoms with E-state index in [-0.39, 0.29) is 0 Å². The van der Waals surface area contributed by atoms with Gasteiger partial charge >= 0.3 is 5.69 Å². The molecule has 168 valence electrons. The number of aromatic nitrogens is 2. The fourth-order valence-corrected chi connectivity index (χ4v) is 3.90. The molecule has 34 heavy (non-hydrogen) atoms. The second kappa shape index (κ2) is 9.07. The topological polar surface area (TPSA) is 85.7 Å². The molecule has 0 saturated heterocycles. The van der Waals surface area contributed by atoms with Gasteiger partial charge in [-0.3, -0.25) is 4.79 Å². The summed E-state index contributed by atoms with van der Waals surface area (Å²) in [5.41, 5.74) is 0.926. The van der Waals surface area contributed by atoms with E-state index in [2.05, 4.69) is 28.3 Å². The summed E-state index contributed by atoms with van der Waals surface area (Å²) in [6, 6.07) is 26.3. The highest BCUT2D eigenvalue weighted by atomic mass is 16.5. The Bertz CT molecular complexity index is 1640. The molecule has 0 fully saturated rings. The van der Waals surface area contributed by atoms with Crippen LogP contribution in [0.1, 0.15) is 11.1 Å². The van der Waals surface area contributed by atoms with Gasteiger partial charge in [0.15, 0.2) is 11.5 Å². The van der Waals surface area contributed by atoms with Crippen LogP contribution in [0.3, 0.4) is 0 Å². The van der Waals surface area contributed by atoms with Crippen LogP contribution in [0.5, 0.6) is 11.5 Å². The molecule has 7 heteroatoms. The summed E-state index contributed by atoms with van der Waals surface area (Å²) in [6.45, 7) is 0.305. The lowest BCUT2D eigenvalue weighted by Gasteiger charge is -2.14. The number of ether oxygens (including phenoxy) is 2. The third-order valence-electron chi connectivity index (χ3n) is 5.58. The largest absolute Gasteiger partial charge is 0.493 e. The summed E-state index contributed by atoms with van der Waals surface area (Å²) in [6.07, 6.45) is 1.42. The minimum atomic E-state index is -0.624. The molecular formula is C27H21N3O4. The van der Waals surface area contributed by atoms with Crippen LogP contribution in [0.4, 0.5) is 0 Å². The van der Waals surface area contributed by atoms with E-state index in [0.29, 0.717) is 34.6 Å². The Morgan fingerprint density at radius 1 is 0.882 bits per heavy atom. The molecule has 1 heterocycles. The Hall–Kier alpha value is -4.65. The Morgan fingerprint density at radius 3 is 2.47 bits per heavy atom. The first-order valence-electron chi connectivity index (χ1n) is 10.7. The molecule has 0 aliphatic heterocycles. The van der Waals surface area contributed by atoms with Gasteiger partial charge in [0.05, 0.1) is 24.2 Å². The third kappa shape index (κ3) is 3.95. The van der Waals surface area contributed by atoms with E-state index in [1.165, 1.54) is 6.21 Å². The van der Waals surface area contributed by atoms with Gasteiger partial charge in [0.25, 0.3) is 5.56 Å². The van der Waals surface area contributed by atoms with E-state index in [0.717, 1.165) is 21.0 Å². The second-order valence-electron chi connectivity index (χ2n) is 7.64. The SMILES string of the molecule is COc1cccc(C=Nn2c(=O)[nH]c3ccccc3c2=O)c1OCc1cccc2ccccc12. The minimum Gasteiger partial charge on any atom is -0.493 e. The molecule has 0 aliphatic rings. The van der Waals surface area contributed by atoms with Crippen molar-refractivity contribution in [3.8, 4) is 11.5 Å². The highest BCUT2D eigenvalue weighted by molar-refractivity contribution is 5.86. The maximum absolute atomic E-state index is 12.8. The van der Waals surface area contributed by atoms with Gasteiger partial charge in [-0.25, -0.2) is 4.79 Å².